The van der Waals surface area contributed by atoms with Gasteiger partial charge >= 0.3 is 0 Å². The topological polar surface area (TPSA) is 92.5 Å². The lowest BCUT2D eigenvalue weighted by Crippen LogP contribution is -2.08. The normalized spacial score (nSPS) is 10.1. The molecule has 0 fully saturated rings. The van der Waals surface area contributed by atoms with Gasteiger partial charge in [0.05, 0.1) is 5.69 Å². The third-order valence-corrected chi connectivity index (χ3v) is 1.98. The van der Waals surface area contributed by atoms with Crippen molar-refractivity contribution in [3.63, 3.8) is 0 Å². The number of nitrogens with two attached hydrogens (primary N) is 1. The molecular formula is C9H12N6. The van der Waals surface area contributed by atoms with Crippen LogP contribution in [-0.2, 0) is 6.42 Å². The number of rotatable bonds is 4. The van der Waals surface area contributed by atoms with Crippen molar-refractivity contribution in [2.45, 2.75) is 6.42 Å². The first kappa shape index (κ1) is 9.45. The van der Waals surface area contributed by atoms with E-state index in [4.69, 9.17) is 5.73 Å². The van der Waals surface area contributed by atoms with Crippen molar-refractivity contribution in [2.24, 2.45) is 0 Å². The molecule has 15 heavy (non-hydrogen) atoms. The lowest BCUT2D eigenvalue weighted by Gasteiger charge is -2.06. The number of anilines is 2. The van der Waals surface area contributed by atoms with E-state index in [0.29, 0.717) is 5.82 Å². The standard InChI is InChI=1S/C9H12N6/c10-9-7(2-1-4-12-9)11-5-3-8-13-6-14-15-8/h1-2,4,6,11H,3,5H2,(H2,10,12)(H,13,14,15). The number of hydrogen-bond acceptors (Lipinski definition) is 5. The van der Waals surface area contributed by atoms with Gasteiger partial charge in [-0.05, 0) is 12.1 Å². The summed E-state index contributed by atoms with van der Waals surface area (Å²) in [7, 11) is 0. The predicted octanol–water partition coefficient (Wildman–Crippen LogP) is 0.436. The van der Waals surface area contributed by atoms with Crippen LogP contribution < -0.4 is 11.1 Å². The largest absolute Gasteiger partial charge is 0.382 e. The second-order valence-corrected chi connectivity index (χ2v) is 3.05. The number of hydrogen-bond donors (Lipinski definition) is 3. The molecule has 0 aliphatic carbocycles. The lowest BCUT2D eigenvalue weighted by atomic mass is 10.3. The van der Waals surface area contributed by atoms with Crippen LogP contribution in [0.1, 0.15) is 5.82 Å². The number of H-pyrrole nitrogens is 1. The number of aromatic nitrogens is 4. The van der Waals surface area contributed by atoms with Crippen LogP contribution in [0.5, 0.6) is 0 Å². The minimum Gasteiger partial charge on any atom is -0.382 e. The van der Waals surface area contributed by atoms with Gasteiger partial charge in [-0.25, -0.2) is 9.97 Å². The Morgan fingerprint density at radius 1 is 1.40 bits per heavy atom. The Hall–Kier alpha value is -2.11. The summed E-state index contributed by atoms with van der Waals surface area (Å²) in [5.74, 6) is 1.36. The Balaban J connectivity index is 1.86. The first-order valence-electron chi connectivity index (χ1n) is 4.65. The summed E-state index contributed by atoms with van der Waals surface area (Å²) in [6.45, 7) is 0.741. The van der Waals surface area contributed by atoms with Gasteiger partial charge < -0.3 is 11.1 Å². The molecule has 0 saturated carbocycles. The van der Waals surface area contributed by atoms with Gasteiger partial charge in [0.1, 0.15) is 18.0 Å². The fraction of sp³-hybridized carbons (Fsp3) is 0.222. The third kappa shape index (κ3) is 2.43. The van der Waals surface area contributed by atoms with Crippen LogP contribution in [0.3, 0.4) is 0 Å². The van der Waals surface area contributed by atoms with Crippen LogP contribution in [0.25, 0.3) is 0 Å². The minimum atomic E-state index is 0.509. The van der Waals surface area contributed by atoms with Crippen LogP contribution in [0.15, 0.2) is 24.7 Å². The molecule has 0 spiro atoms. The molecule has 0 aliphatic rings. The van der Waals surface area contributed by atoms with Gasteiger partial charge in [0.2, 0.25) is 0 Å². The van der Waals surface area contributed by atoms with Gasteiger partial charge in [0.15, 0.2) is 0 Å². The maximum Gasteiger partial charge on any atom is 0.146 e. The zero-order chi connectivity index (χ0) is 10.5. The van der Waals surface area contributed by atoms with Gasteiger partial charge in [-0.1, -0.05) is 0 Å². The highest BCUT2D eigenvalue weighted by Crippen LogP contribution is 2.12. The van der Waals surface area contributed by atoms with E-state index in [-0.39, 0.29) is 0 Å². The Morgan fingerprint density at radius 2 is 2.33 bits per heavy atom. The molecule has 0 unspecified atom stereocenters. The molecule has 0 bridgehead atoms. The summed E-state index contributed by atoms with van der Waals surface area (Å²) in [6, 6.07) is 3.73. The van der Waals surface area contributed by atoms with Crippen molar-refractivity contribution in [3.05, 3.63) is 30.5 Å². The van der Waals surface area contributed by atoms with Crippen LogP contribution in [0, 0.1) is 0 Å². The molecule has 6 heteroatoms. The molecule has 0 amide bonds. The summed E-state index contributed by atoms with van der Waals surface area (Å²) in [4.78, 5) is 7.99. The monoisotopic (exact) mass is 204 g/mol. The number of nitrogens with one attached hydrogen (secondary N) is 2. The summed E-state index contributed by atoms with van der Waals surface area (Å²) in [6.07, 6.45) is 3.93. The predicted molar refractivity (Wildman–Crippen MR) is 57.2 cm³/mol. The van der Waals surface area contributed by atoms with E-state index >= 15 is 0 Å². The van der Waals surface area contributed by atoms with E-state index in [1.54, 1.807) is 6.20 Å². The molecule has 0 atom stereocenters. The quantitative estimate of drug-likeness (QED) is 0.671. The van der Waals surface area contributed by atoms with Gasteiger partial charge in [-0.2, -0.15) is 5.10 Å². The van der Waals surface area contributed by atoms with Crippen molar-refractivity contribution in [1.29, 1.82) is 0 Å². The van der Waals surface area contributed by atoms with E-state index in [1.807, 2.05) is 12.1 Å². The average molecular weight is 204 g/mol. The SMILES string of the molecule is Nc1ncccc1NCCc1ncn[nH]1. The molecular weight excluding hydrogens is 192 g/mol. The third-order valence-electron chi connectivity index (χ3n) is 1.98. The zero-order valence-corrected chi connectivity index (χ0v) is 8.14. The van der Waals surface area contributed by atoms with Crippen LogP contribution in [-0.4, -0.2) is 26.7 Å². The highest BCUT2D eigenvalue weighted by atomic mass is 15.2. The average Bonchev–Trinajstić information content (AvgIpc) is 2.74. The smallest absolute Gasteiger partial charge is 0.146 e. The lowest BCUT2D eigenvalue weighted by molar-refractivity contribution is 0.901. The summed E-state index contributed by atoms with van der Waals surface area (Å²) in [5.41, 5.74) is 6.52. The highest BCUT2D eigenvalue weighted by Gasteiger charge is 1.99. The maximum absolute atomic E-state index is 5.67. The Labute approximate surface area is 86.9 Å². The zero-order valence-electron chi connectivity index (χ0n) is 8.14. The summed E-state index contributed by atoms with van der Waals surface area (Å²) < 4.78 is 0. The molecule has 0 aliphatic heterocycles. The van der Waals surface area contributed by atoms with Crippen LogP contribution >= 0.6 is 0 Å². The first-order chi connectivity index (χ1) is 7.36. The molecule has 2 heterocycles. The molecule has 0 radical (unpaired) electrons. The number of nitrogen functional groups attached to an aromatic ring is 1. The molecule has 2 rings (SSSR count). The number of aromatic amines is 1. The van der Waals surface area contributed by atoms with Crippen molar-refractivity contribution in [2.75, 3.05) is 17.6 Å². The fourth-order valence-corrected chi connectivity index (χ4v) is 1.23. The first-order valence-corrected chi connectivity index (χ1v) is 4.65. The molecule has 0 aromatic carbocycles. The van der Waals surface area contributed by atoms with Crippen LogP contribution in [0.4, 0.5) is 11.5 Å². The summed E-state index contributed by atoms with van der Waals surface area (Å²) >= 11 is 0. The van der Waals surface area contributed by atoms with Crippen molar-refractivity contribution in [1.82, 2.24) is 20.2 Å². The number of nitrogens with zero attached hydrogens (tertiary/aromatic N) is 3. The van der Waals surface area contributed by atoms with Gasteiger partial charge in [0, 0.05) is 19.2 Å². The molecule has 4 N–H and O–H groups in total. The van der Waals surface area contributed by atoms with Gasteiger partial charge in [-0.3, -0.25) is 5.10 Å². The van der Waals surface area contributed by atoms with E-state index in [1.165, 1.54) is 6.33 Å². The van der Waals surface area contributed by atoms with Crippen molar-refractivity contribution in [3.8, 4) is 0 Å². The molecule has 78 valence electrons. The highest BCUT2D eigenvalue weighted by molar-refractivity contribution is 5.60. The van der Waals surface area contributed by atoms with Gasteiger partial charge in [-0.15, -0.1) is 0 Å². The molecule has 2 aromatic heterocycles. The van der Waals surface area contributed by atoms with E-state index in [0.717, 1.165) is 24.5 Å². The van der Waals surface area contributed by atoms with Crippen LogP contribution in [0.2, 0.25) is 0 Å². The van der Waals surface area contributed by atoms with E-state index in [2.05, 4.69) is 25.5 Å². The Morgan fingerprint density at radius 3 is 3.07 bits per heavy atom. The molecule has 2 aromatic rings. The maximum atomic E-state index is 5.67. The van der Waals surface area contributed by atoms with Crippen molar-refractivity contribution < 1.29 is 0 Å². The fourth-order valence-electron chi connectivity index (χ4n) is 1.23. The van der Waals surface area contributed by atoms with Gasteiger partial charge in [0.25, 0.3) is 0 Å². The van der Waals surface area contributed by atoms with E-state index < -0.39 is 0 Å². The Bertz CT molecular complexity index is 410. The number of pyridine rings is 1. The molecule has 6 nitrogen and oxygen atoms in total. The minimum absolute atomic E-state index is 0.509. The second kappa shape index (κ2) is 4.41. The summed E-state index contributed by atoms with van der Waals surface area (Å²) in [5, 5.41) is 9.73. The van der Waals surface area contributed by atoms with E-state index in [9.17, 15) is 0 Å². The Kier molecular flexibility index (Phi) is 2.77. The van der Waals surface area contributed by atoms with Crippen molar-refractivity contribution >= 4 is 11.5 Å². The molecule has 0 saturated heterocycles. The second-order valence-electron chi connectivity index (χ2n) is 3.05.